The molecular formula is C10H10ClN5. The van der Waals surface area contributed by atoms with E-state index in [4.69, 9.17) is 11.6 Å². The van der Waals surface area contributed by atoms with E-state index >= 15 is 0 Å². The van der Waals surface area contributed by atoms with Gasteiger partial charge in [-0.1, -0.05) is 41.0 Å². The number of benzene rings is 1. The maximum Gasteiger partial charge on any atom is 0.263 e. The van der Waals surface area contributed by atoms with E-state index in [1.165, 1.54) is 0 Å². The highest BCUT2D eigenvalue weighted by Gasteiger charge is 1.92. The average molecular weight is 236 g/mol. The first kappa shape index (κ1) is 10.6. The van der Waals surface area contributed by atoms with Gasteiger partial charge in [0.1, 0.15) is 0 Å². The van der Waals surface area contributed by atoms with Crippen LogP contribution in [0.15, 0.2) is 30.3 Å². The molecule has 0 unspecified atom stereocenters. The molecule has 2 N–H and O–H groups in total. The number of hydrogen-bond donors (Lipinski definition) is 2. The van der Waals surface area contributed by atoms with Crippen molar-refractivity contribution in [1.82, 2.24) is 20.6 Å². The van der Waals surface area contributed by atoms with Gasteiger partial charge in [-0.15, -0.1) is 5.10 Å². The zero-order valence-corrected chi connectivity index (χ0v) is 9.15. The molecule has 0 bridgehead atoms. The number of nitrogens with zero attached hydrogens (tertiary/aromatic N) is 3. The first-order valence-electron chi connectivity index (χ1n) is 4.74. The Kier molecular flexibility index (Phi) is 3.50. The number of halogens is 1. The van der Waals surface area contributed by atoms with Crippen LogP contribution in [0, 0.1) is 0 Å². The Bertz CT molecular complexity index is 449. The standard InChI is InChI=1S/C10H10ClN5/c11-9-5-3-8(4-6-9)2-1-7-12-10-13-15-16-14-10/h1-6H,7H2,(H2,12,13,14,15,16)/b2-1-. The van der Waals surface area contributed by atoms with Gasteiger partial charge in [-0.25, -0.2) is 0 Å². The highest BCUT2D eigenvalue weighted by atomic mass is 35.5. The van der Waals surface area contributed by atoms with E-state index in [0.29, 0.717) is 12.5 Å². The Morgan fingerprint density at radius 1 is 1.31 bits per heavy atom. The van der Waals surface area contributed by atoms with Gasteiger partial charge in [0.25, 0.3) is 5.95 Å². The minimum Gasteiger partial charge on any atom is -0.348 e. The summed E-state index contributed by atoms with van der Waals surface area (Å²) in [5.41, 5.74) is 1.10. The molecule has 0 amide bonds. The van der Waals surface area contributed by atoms with Crippen molar-refractivity contribution in [1.29, 1.82) is 0 Å². The molecule has 6 heteroatoms. The molecule has 5 nitrogen and oxygen atoms in total. The fourth-order valence-corrected chi connectivity index (χ4v) is 1.28. The molecule has 0 aliphatic rings. The monoisotopic (exact) mass is 235 g/mol. The first-order chi connectivity index (χ1) is 7.84. The lowest BCUT2D eigenvalue weighted by Gasteiger charge is -1.95. The summed E-state index contributed by atoms with van der Waals surface area (Å²) in [6.45, 7) is 0.641. The van der Waals surface area contributed by atoms with E-state index in [2.05, 4.69) is 25.9 Å². The van der Waals surface area contributed by atoms with Crippen LogP contribution in [0.1, 0.15) is 5.56 Å². The van der Waals surface area contributed by atoms with Crippen LogP contribution in [0.25, 0.3) is 6.08 Å². The van der Waals surface area contributed by atoms with Gasteiger partial charge in [0.2, 0.25) is 0 Å². The van der Waals surface area contributed by atoms with Gasteiger partial charge in [-0.2, -0.15) is 5.21 Å². The quantitative estimate of drug-likeness (QED) is 0.851. The van der Waals surface area contributed by atoms with Gasteiger partial charge in [0.05, 0.1) is 0 Å². The Morgan fingerprint density at radius 3 is 2.81 bits per heavy atom. The number of aromatic amines is 1. The van der Waals surface area contributed by atoms with Crippen molar-refractivity contribution in [2.75, 3.05) is 11.9 Å². The summed E-state index contributed by atoms with van der Waals surface area (Å²) in [5.74, 6) is 0.487. The number of nitrogens with one attached hydrogen (secondary N) is 2. The van der Waals surface area contributed by atoms with Crippen LogP contribution < -0.4 is 5.32 Å². The van der Waals surface area contributed by atoms with Crippen molar-refractivity contribution >= 4 is 23.6 Å². The number of rotatable bonds is 4. The minimum absolute atomic E-state index is 0.487. The SMILES string of the molecule is Clc1ccc(/C=C\CNc2nn[nH]n2)cc1. The lowest BCUT2D eigenvalue weighted by molar-refractivity contribution is 0.881. The van der Waals surface area contributed by atoms with E-state index in [1.54, 1.807) is 0 Å². The summed E-state index contributed by atoms with van der Waals surface area (Å²) < 4.78 is 0. The summed E-state index contributed by atoms with van der Waals surface area (Å²) in [5, 5.41) is 17.0. The molecule has 1 heterocycles. The Hall–Kier alpha value is -1.88. The number of hydrogen-bond acceptors (Lipinski definition) is 4. The van der Waals surface area contributed by atoms with E-state index in [-0.39, 0.29) is 0 Å². The highest BCUT2D eigenvalue weighted by Crippen LogP contribution is 2.10. The molecule has 2 aromatic rings. The third-order valence-electron chi connectivity index (χ3n) is 1.90. The largest absolute Gasteiger partial charge is 0.348 e. The van der Waals surface area contributed by atoms with Crippen LogP contribution in [-0.2, 0) is 0 Å². The van der Waals surface area contributed by atoms with Crippen molar-refractivity contribution in [2.45, 2.75) is 0 Å². The maximum absolute atomic E-state index is 5.78. The first-order valence-corrected chi connectivity index (χ1v) is 5.12. The summed E-state index contributed by atoms with van der Waals surface area (Å²) in [4.78, 5) is 0. The fourth-order valence-electron chi connectivity index (χ4n) is 1.16. The van der Waals surface area contributed by atoms with Gasteiger partial charge in [0.15, 0.2) is 0 Å². The molecule has 0 aliphatic heterocycles. The lowest BCUT2D eigenvalue weighted by atomic mass is 10.2. The molecular weight excluding hydrogens is 226 g/mol. The molecule has 82 valence electrons. The Morgan fingerprint density at radius 2 is 2.12 bits per heavy atom. The van der Waals surface area contributed by atoms with E-state index < -0.39 is 0 Å². The van der Waals surface area contributed by atoms with Crippen molar-refractivity contribution in [3.8, 4) is 0 Å². The van der Waals surface area contributed by atoms with Crippen molar-refractivity contribution in [3.63, 3.8) is 0 Å². The third-order valence-corrected chi connectivity index (χ3v) is 2.16. The van der Waals surface area contributed by atoms with Crippen LogP contribution in [0.4, 0.5) is 5.95 Å². The van der Waals surface area contributed by atoms with Crippen LogP contribution in [-0.4, -0.2) is 27.2 Å². The van der Waals surface area contributed by atoms with Crippen molar-refractivity contribution < 1.29 is 0 Å². The normalized spacial score (nSPS) is 10.8. The average Bonchev–Trinajstić information content (AvgIpc) is 2.80. The van der Waals surface area contributed by atoms with Gasteiger partial charge in [0, 0.05) is 11.6 Å². The second-order valence-electron chi connectivity index (χ2n) is 3.07. The molecule has 0 saturated carbocycles. The van der Waals surface area contributed by atoms with E-state index in [1.807, 2.05) is 36.4 Å². The van der Waals surface area contributed by atoms with Crippen LogP contribution in [0.5, 0.6) is 0 Å². The molecule has 0 saturated heterocycles. The zero-order valence-electron chi connectivity index (χ0n) is 8.39. The molecule has 0 fully saturated rings. The minimum atomic E-state index is 0.487. The zero-order chi connectivity index (χ0) is 11.2. The second-order valence-corrected chi connectivity index (χ2v) is 3.51. The molecule has 0 atom stereocenters. The van der Waals surface area contributed by atoms with Crippen LogP contribution in [0.3, 0.4) is 0 Å². The summed E-state index contributed by atoms with van der Waals surface area (Å²) in [6, 6.07) is 7.61. The fraction of sp³-hybridized carbons (Fsp3) is 0.100. The van der Waals surface area contributed by atoms with Gasteiger partial charge in [-0.3, -0.25) is 0 Å². The van der Waals surface area contributed by atoms with Gasteiger partial charge >= 0.3 is 0 Å². The van der Waals surface area contributed by atoms with Crippen LogP contribution in [0.2, 0.25) is 5.02 Å². The molecule has 16 heavy (non-hydrogen) atoms. The van der Waals surface area contributed by atoms with E-state index in [0.717, 1.165) is 10.6 Å². The van der Waals surface area contributed by atoms with E-state index in [9.17, 15) is 0 Å². The van der Waals surface area contributed by atoms with Gasteiger partial charge in [-0.05, 0) is 22.9 Å². The lowest BCUT2D eigenvalue weighted by Crippen LogP contribution is -1.99. The number of tetrazole rings is 1. The topological polar surface area (TPSA) is 66.5 Å². The highest BCUT2D eigenvalue weighted by molar-refractivity contribution is 6.30. The molecule has 1 aromatic carbocycles. The predicted molar refractivity (Wildman–Crippen MR) is 63.2 cm³/mol. The molecule has 2 rings (SSSR count). The number of aromatic nitrogens is 4. The predicted octanol–water partition coefficient (Wildman–Crippen LogP) is 1.98. The van der Waals surface area contributed by atoms with Gasteiger partial charge < -0.3 is 5.32 Å². The molecule has 1 aromatic heterocycles. The molecule has 0 spiro atoms. The Labute approximate surface area is 97.5 Å². The second kappa shape index (κ2) is 5.27. The van der Waals surface area contributed by atoms with Crippen molar-refractivity contribution in [3.05, 3.63) is 40.9 Å². The summed E-state index contributed by atoms with van der Waals surface area (Å²) >= 11 is 5.78. The molecule has 0 radical (unpaired) electrons. The summed E-state index contributed by atoms with van der Waals surface area (Å²) in [7, 11) is 0. The third kappa shape index (κ3) is 3.06. The number of H-pyrrole nitrogens is 1. The maximum atomic E-state index is 5.78. The smallest absolute Gasteiger partial charge is 0.263 e. The molecule has 0 aliphatic carbocycles. The van der Waals surface area contributed by atoms with Crippen molar-refractivity contribution in [2.24, 2.45) is 0 Å². The number of anilines is 1. The Balaban J connectivity index is 1.83. The summed E-state index contributed by atoms with van der Waals surface area (Å²) in [6.07, 6.45) is 3.96. The van der Waals surface area contributed by atoms with Crippen LogP contribution >= 0.6 is 11.6 Å².